The van der Waals surface area contributed by atoms with E-state index in [-0.39, 0.29) is 5.82 Å². The second-order valence-electron chi connectivity index (χ2n) is 4.53. The predicted molar refractivity (Wildman–Crippen MR) is 79.5 cm³/mol. The van der Waals surface area contributed by atoms with Gasteiger partial charge in [0.2, 0.25) is 0 Å². The van der Waals surface area contributed by atoms with Crippen LogP contribution in [0, 0.1) is 5.82 Å². The molecule has 0 unspecified atom stereocenters. The van der Waals surface area contributed by atoms with E-state index in [4.69, 9.17) is 10.5 Å². The van der Waals surface area contributed by atoms with Gasteiger partial charge in [0.15, 0.2) is 0 Å². The molecular formula is C16H19FN2O. The molecule has 4 heteroatoms. The third-order valence-corrected chi connectivity index (χ3v) is 3.14. The van der Waals surface area contributed by atoms with Crippen LogP contribution in [0.25, 0.3) is 0 Å². The number of hydrogen-bond acceptors (Lipinski definition) is 3. The summed E-state index contributed by atoms with van der Waals surface area (Å²) in [5, 5.41) is 0. The molecule has 0 aliphatic carbocycles. The van der Waals surface area contributed by atoms with Gasteiger partial charge in [-0.05, 0) is 18.2 Å². The second-order valence-corrected chi connectivity index (χ2v) is 4.53. The molecule has 0 radical (unpaired) electrons. The van der Waals surface area contributed by atoms with Crippen LogP contribution in [0.3, 0.4) is 0 Å². The Balaban J connectivity index is 1.91. The summed E-state index contributed by atoms with van der Waals surface area (Å²) in [4.78, 5) is 1.83. The Morgan fingerprint density at radius 3 is 2.55 bits per heavy atom. The Hall–Kier alpha value is -2.07. The molecule has 0 atom stereocenters. The first-order valence-corrected chi connectivity index (χ1v) is 6.59. The third kappa shape index (κ3) is 3.48. The summed E-state index contributed by atoms with van der Waals surface area (Å²) in [5.74, 6) is 0.564. The number of anilines is 1. The van der Waals surface area contributed by atoms with Crippen molar-refractivity contribution in [1.82, 2.24) is 0 Å². The molecule has 2 aromatic rings. The molecule has 2 rings (SSSR count). The van der Waals surface area contributed by atoms with Crippen molar-refractivity contribution in [3.8, 4) is 5.75 Å². The molecule has 0 saturated carbocycles. The number of halogens is 1. The second kappa shape index (κ2) is 6.91. The summed E-state index contributed by atoms with van der Waals surface area (Å²) in [7, 11) is 1.84. The van der Waals surface area contributed by atoms with Crippen LogP contribution < -0.4 is 15.4 Å². The fraction of sp³-hybridized carbons (Fsp3) is 0.250. The minimum absolute atomic E-state index is 0.225. The lowest BCUT2D eigenvalue weighted by molar-refractivity contribution is 0.322. The number of benzene rings is 2. The van der Waals surface area contributed by atoms with Crippen molar-refractivity contribution in [3.05, 3.63) is 59.9 Å². The maximum absolute atomic E-state index is 13.6. The van der Waals surface area contributed by atoms with Crippen LogP contribution in [0.15, 0.2) is 48.5 Å². The third-order valence-electron chi connectivity index (χ3n) is 3.14. The quantitative estimate of drug-likeness (QED) is 0.880. The average Bonchev–Trinajstić information content (AvgIpc) is 2.48. The topological polar surface area (TPSA) is 38.5 Å². The summed E-state index contributed by atoms with van der Waals surface area (Å²) in [6.07, 6.45) is 0. The van der Waals surface area contributed by atoms with Crippen LogP contribution in [0.1, 0.15) is 5.56 Å². The first-order chi connectivity index (χ1) is 9.72. The van der Waals surface area contributed by atoms with Crippen molar-refractivity contribution in [2.45, 2.75) is 6.54 Å². The number of nitrogens with zero attached hydrogens (tertiary/aromatic N) is 1. The van der Waals surface area contributed by atoms with Gasteiger partial charge in [-0.25, -0.2) is 4.39 Å². The largest absolute Gasteiger partial charge is 0.491 e. The molecule has 0 aliphatic heterocycles. The van der Waals surface area contributed by atoms with Crippen molar-refractivity contribution >= 4 is 5.69 Å². The van der Waals surface area contributed by atoms with Crippen molar-refractivity contribution in [3.63, 3.8) is 0 Å². The van der Waals surface area contributed by atoms with Crippen LogP contribution in [-0.2, 0) is 6.54 Å². The molecule has 0 amide bonds. The van der Waals surface area contributed by atoms with E-state index in [1.165, 1.54) is 6.07 Å². The summed E-state index contributed by atoms with van der Waals surface area (Å²) in [5.41, 5.74) is 7.20. The van der Waals surface area contributed by atoms with E-state index in [2.05, 4.69) is 0 Å². The van der Waals surface area contributed by atoms with E-state index >= 15 is 0 Å². The first-order valence-electron chi connectivity index (χ1n) is 6.59. The minimum Gasteiger partial charge on any atom is -0.491 e. The molecule has 0 aliphatic rings. The molecule has 2 N–H and O–H groups in total. The number of para-hydroxylation sites is 2. The zero-order chi connectivity index (χ0) is 14.4. The normalized spacial score (nSPS) is 10.3. The first kappa shape index (κ1) is 14.3. The molecule has 2 aromatic carbocycles. The van der Waals surface area contributed by atoms with E-state index < -0.39 is 0 Å². The highest BCUT2D eigenvalue weighted by Gasteiger charge is 2.07. The lowest BCUT2D eigenvalue weighted by atomic mass is 10.2. The Morgan fingerprint density at radius 1 is 1.10 bits per heavy atom. The van der Waals surface area contributed by atoms with Crippen molar-refractivity contribution in [1.29, 1.82) is 0 Å². The van der Waals surface area contributed by atoms with Crippen molar-refractivity contribution in [2.24, 2.45) is 5.73 Å². The van der Waals surface area contributed by atoms with Gasteiger partial charge in [0, 0.05) is 19.2 Å². The Morgan fingerprint density at radius 2 is 1.80 bits per heavy atom. The maximum atomic E-state index is 13.6. The van der Waals surface area contributed by atoms with Gasteiger partial charge in [-0.15, -0.1) is 0 Å². The molecule has 0 bridgehead atoms. The summed E-state index contributed by atoms with van der Waals surface area (Å²) in [6.45, 7) is 1.51. The fourth-order valence-electron chi connectivity index (χ4n) is 1.99. The minimum atomic E-state index is -0.225. The molecule has 0 fully saturated rings. The van der Waals surface area contributed by atoms with Crippen molar-refractivity contribution < 1.29 is 9.13 Å². The van der Waals surface area contributed by atoms with Crippen LogP contribution in [-0.4, -0.2) is 20.2 Å². The average molecular weight is 274 g/mol. The van der Waals surface area contributed by atoms with Gasteiger partial charge in [0.25, 0.3) is 0 Å². The number of likely N-dealkylation sites (N-methyl/N-ethyl adjacent to an activating group) is 1. The Labute approximate surface area is 118 Å². The van der Waals surface area contributed by atoms with E-state index in [1.807, 2.05) is 42.3 Å². The lowest BCUT2D eigenvalue weighted by Gasteiger charge is -2.20. The maximum Gasteiger partial charge on any atom is 0.146 e. The van der Waals surface area contributed by atoms with Gasteiger partial charge in [-0.2, -0.15) is 0 Å². The van der Waals surface area contributed by atoms with E-state index in [0.717, 1.165) is 11.3 Å². The molecule has 0 heterocycles. The molecule has 0 spiro atoms. The van der Waals surface area contributed by atoms with Gasteiger partial charge in [-0.3, -0.25) is 0 Å². The van der Waals surface area contributed by atoms with Gasteiger partial charge >= 0.3 is 0 Å². The lowest BCUT2D eigenvalue weighted by Crippen LogP contribution is -2.24. The SMILES string of the molecule is CN(CCOc1ccccc1CN)c1ccccc1F. The van der Waals surface area contributed by atoms with Gasteiger partial charge < -0.3 is 15.4 Å². The molecule has 106 valence electrons. The molecule has 0 aromatic heterocycles. The van der Waals surface area contributed by atoms with E-state index in [0.29, 0.717) is 25.4 Å². The zero-order valence-corrected chi connectivity index (χ0v) is 11.6. The Bertz CT molecular complexity index is 560. The molecule has 3 nitrogen and oxygen atoms in total. The van der Waals surface area contributed by atoms with Gasteiger partial charge in [0.1, 0.15) is 18.2 Å². The highest BCUT2D eigenvalue weighted by Crippen LogP contribution is 2.19. The van der Waals surface area contributed by atoms with Crippen LogP contribution in [0.4, 0.5) is 10.1 Å². The summed E-state index contributed by atoms with van der Waals surface area (Å²) in [6, 6.07) is 14.4. The summed E-state index contributed by atoms with van der Waals surface area (Å²) < 4.78 is 19.3. The standard InChI is InChI=1S/C16H19FN2O/c1-19(15-8-4-3-7-14(15)17)10-11-20-16-9-5-2-6-13(16)12-18/h2-9H,10-12,18H2,1H3. The Kier molecular flexibility index (Phi) is 4.96. The molecule has 0 saturated heterocycles. The van der Waals surface area contributed by atoms with Gasteiger partial charge in [0.05, 0.1) is 12.2 Å². The highest BCUT2D eigenvalue weighted by atomic mass is 19.1. The number of rotatable bonds is 6. The predicted octanol–water partition coefficient (Wildman–Crippen LogP) is 2.80. The summed E-state index contributed by atoms with van der Waals surface area (Å²) >= 11 is 0. The van der Waals surface area contributed by atoms with Crippen LogP contribution in [0.2, 0.25) is 0 Å². The molecular weight excluding hydrogens is 255 g/mol. The smallest absolute Gasteiger partial charge is 0.146 e. The highest BCUT2D eigenvalue weighted by molar-refractivity contribution is 5.46. The number of nitrogens with two attached hydrogens (primary N) is 1. The van der Waals surface area contributed by atoms with E-state index in [9.17, 15) is 4.39 Å². The van der Waals surface area contributed by atoms with E-state index in [1.54, 1.807) is 12.1 Å². The van der Waals surface area contributed by atoms with Crippen LogP contribution in [0.5, 0.6) is 5.75 Å². The number of ether oxygens (including phenoxy) is 1. The zero-order valence-electron chi connectivity index (χ0n) is 11.6. The number of hydrogen-bond donors (Lipinski definition) is 1. The van der Waals surface area contributed by atoms with Crippen LogP contribution >= 0.6 is 0 Å². The van der Waals surface area contributed by atoms with Crippen molar-refractivity contribution in [2.75, 3.05) is 25.1 Å². The molecule has 20 heavy (non-hydrogen) atoms. The van der Waals surface area contributed by atoms with Gasteiger partial charge in [-0.1, -0.05) is 30.3 Å². The monoisotopic (exact) mass is 274 g/mol. The fourth-order valence-corrected chi connectivity index (χ4v) is 1.99.